The third-order valence-corrected chi connectivity index (χ3v) is 5.69. The Morgan fingerprint density at radius 3 is 2.72 bits per heavy atom. The number of amides is 1. The Balaban J connectivity index is 1.36. The van der Waals surface area contributed by atoms with Gasteiger partial charge in [0.15, 0.2) is 5.13 Å². The highest BCUT2D eigenvalue weighted by Gasteiger charge is 2.23. The summed E-state index contributed by atoms with van der Waals surface area (Å²) in [4.78, 5) is 23.2. The van der Waals surface area contributed by atoms with E-state index in [1.165, 1.54) is 10.9 Å². The summed E-state index contributed by atoms with van der Waals surface area (Å²) < 4.78 is 1.21. The van der Waals surface area contributed by atoms with E-state index in [-0.39, 0.29) is 11.9 Å². The molecule has 3 heterocycles. The van der Waals surface area contributed by atoms with Crippen LogP contribution in [0.2, 0.25) is 5.15 Å². The zero-order chi connectivity index (χ0) is 17.2. The summed E-state index contributed by atoms with van der Waals surface area (Å²) in [5.41, 5.74) is 1.59. The van der Waals surface area contributed by atoms with Gasteiger partial charge in [-0.3, -0.25) is 4.79 Å². The standard InChI is InChI=1S/C18H17ClN4OS/c19-16-6-5-12(11-20-16)17(24)21-13-7-9-23(10-8-13)18-22-14-3-1-2-4-15(14)25-18/h1-6,11,13H,7-10H2,(H,21,24). The normalized spacial score (nSPS) is 15.5. The molecule has 4 rings (SSSR count). The summed E-state index contributed by atoms with van der Waals surface area (Å²) in [6, 6.07) is 11.7. The Kier molecular flexibility index (Phi) is 4.55. The molecule has 0 bridgehead atoms. The highest BCUT2D eigenvalue weighted by molar-refractivity contribution is 7.22. The molecule has 1 amide bonds. The van der Waals surface area contributed by atoms with Crippen LogP contribution in [0.3, 0.4) is 0 Å². The summed E-state index contributed by atoms with van der Waals surface area (Å²) >= 11 is 7.48. The van der Waals surface area contributed by atoms with Crippen LogP contribution in [0.15, 0.2) is 42.6 Å². The fraction of sp³-hybridized carbons (Fsp3) is 0.278. The van der Waals surface area contributed by atoms with E-state index in [0.29, 0.717) is 10.7 Å². The Labute approximate surface area is 154 Å². The first-order valence-electron chi connectivity index (χ1n) is 8.22. The number of pyridine rings is 1. The van der Waals surface area contributed by atoms with Gasteiger partial charge < -0.3 is 10.2 Å². The van der Waals surface area contributed by atoms with Crippen molar-refractivity contribution in [3.63, 3.8) is 0 Å². The van der Waals surface area contributed by atoms with Crippen LogP contribution in [-0.4, -0.2) is 35.0 Å². The van der Waals surface area contributed by atoms with Crippen LogP contribution in [0.4, 0.5) is 5.13 Å². The molecule has 128 valence electrons. The SMILES string of the molecule is O=C(NC1CCN(c2nc3ccccc3s2)CC1)c1ccc(Cl)nc1. The average Bonchev–Trinajstić information content (AvgIpc) is 3.07. The minimum atomic E-state index is -0.0948. The predicted molar refractivity (Wildman–Crippen MR) is 102 cm³/mol. The first kappa shape index (κ1) is 16.3. The van der Waals surface area contributed by atoms with E-state index in [1.807, 2.05) is 18.2 Å². The number of nitrogens with one attached hydrogen (secondary N) is 1. The minimum absolute atomic E-state index is 0.0948. The molecule has 3 aromatic rings. The Bertz CT molecular complexity index is 854. The maximum atomic E-state index is 12.3. The molecule has 0 spiro atoms. The number of fused-ring (bicyclic) bond motifs is 1. The van der Waals surface area contributed by atoms with Gasteiger partial charge in [-0.25, -0.2) is 9.97 Å². The first-order chi connectivity index (χ1) is 12.2. The molecule has 1 aliphatic heterocycles. The molecular formula is C18H17ClN4OS. The molecule has 0 atom stereocenters. The van der Waals surface area contributed by atoms with Gasteiger partial charge in [0.05, 0.1) is 15.8 Å². The molecule has 1 fully saturated rings. The molecule has 25 heavy (non-hydrogen) atoms. The maximum Gasteiger partial charge on any atom is 0.253 e. The number of rotatable bonds is 3. The number of aromatic nitrogens is 2. The number of nitrogens with zero attached hydrogens (tertiary/aromatic N) is 3. The van der Waals surface area contributed by atoms with Crippen molar-refractivity contribution in [3.8, 4) is 0 Å². The van der Waals surface area contributed by atoms with Gasteiger partial charge >= 0.3 is 0 Å². The van der Waals surface area contributed by atoms with Gasteiger partial charge in [0.25, 0.3) is 5.91 Å². The van der Waals surface area contributed by atoms with E-state index in [2.05, 4.69) is 21.3 Å². The largest absolute Gasteiger partial charge is 0.349 e. The fourth-order valence-corrected chi connectivity index (χ4v) is 4.12. The van der Waals surface area contributed by atoms with Crippen molar-refractivity contribution in [3.05, 3.63) is 53.3 Å². The lowest BCUT2D eigenvalue weighted by Gasteiger charge is -2.32. The van der Waals surface area contributed by atoms with Crippen LogP contribution in [0.1, 0.15) is 23.2 Å². The number of piperidine rings is 1. The lowest BCUT2D eigenvalue weighted by molar-refractivity contribution is 0.0931. The quantitative estimate of drug-likeness (QED) is 0.711. The van der Waals surface area contributed by atoms with Crippen molar-refractivity contribution in [1.82, 2.24) is 15.3 Å². The monoisotopic (exact) mass is 372 g/mol. The van der Waals surface area contributed by atoms with Gasteiger partial charge in [0, 0.05) is 25.3 Å². The third kappa shape index (κ3) is 3.60. The number of carbonyl (C=O) groups excluding carboxylic acids is 1. The summed E-state index contributed by atoms with van der Waals surface area (Å²) in [5.74, 6) is -0.0948. The van der Waals surface area contributed by atoms with Gasteiger partial charge in [-0.1, -0.05) is 35.1 Å². The van der Waals surface area contributed by atoms with Crippen molar-refractivity contribution in [2.24, 2.45) is 0 Å². The minimum Gasteiger partial charge on any atom is -0.349 e. The molecule has 2 aromatic heterocycles. The second-order valence-corrected chi connectivity index (χ2v) is 7.46. The lowest BCUT2D eigenvalue weighted by atomic mass is 10.1. The third-order valence-electron chi connectivity index (χ3n) is 4.37. The highest BCUT2D eigenvalue weighted by Crippen LogP contribution is 2.30. The zero-order valence-electron chi connectivity index (χ0n) is 13.5. The maximum absolute atomic E-state index is 12.3. The molecule has 0 aliphatic carbocycles. The van der Waals surface area contributed by atoms with E-state index in [4.69, 9.17) is 16.6 Å². The number of hydrogen-bond donors (Lipinski definition) is 1. The van der Waals surface area contributed by atoms with Crippen LogP contribution in [0.25, 0.3) is 10.2 Å². The fourth-order valence-electron chi connectivity index (χ4n) is 2.99. The number of anilines is 1. The highest BCUT2D eigenvalue weighted by atomic mass is 35.5. The molecule has 1 aliphatic rings. The van der Waals surface area contributed by atoms with Gasteiger partial charge in [-0.15, -0.1) is 0 Å². The number of benzene rings is 1. The number of hydrogen-bond acceptors (Lipinski definition) is 5. The van der Waals surface area contributed by atoms with E-state index in [9.17, 15) is 4.79 Å². The van der Waals surface area contributed by atoms with Crippen molar-refractivity contribution in [2.45, 2.75) is 18.9 Å². The Morgan fingerprint density at radius 1 is 1.20 bits per heavy atom. The average molecular weight is 373 g/mol. The molecule has 0 radical (unpaired) electrons. The Morgan fingerprint density at radius 2 is 2.00 bits per heavy atom. The lowest BCUT2D eigenvalue weighted by Crippen LogP contribution is -2.44. The zero-order valence-corrected chi connectivity index (χ0v) is 15.1. The second-order valence-electron chi connectivity index (χ2n) is 6.07. The van der Waals surface area contributed by atoms with Crippen LogP contribution < -0.4 is 10.2 Å². The molecule has 0 unspecified atom stereocenters. The van der Waals surface area contributed by atoms with Gasteiger partial charge in [-0.2, -0.15) is 0 Å². The Hall–Kier alpha value is -2.18. The molecule has 7 heteroatoms. The summed E-state index contributed by atoms with van der Waals surface area (Å²) in [7, 11) is 0. The van der Waals surface area contributed by atoms with Gasteiger partial charge in [-0.05, 0) is 37.1 Å². The first-order valence-corrected chi connectivity index (χ1v) is 9.41. The molecular weight excluding hydrogens is 356 g/mol. The molecule has 5 nitrogen and oxygen atoms in total. The van der Waals surface area contributed by atoms with Crippen molar-refractivity contribution >= 4 is 44.2 Å². The topological polar surface area (TPSA) is 58.1 Å². The number of carbonyl (C=O) groups is 1. The van der Waals surface area contributed by atoms with E-state index < -0.39 is 0 Å². The van der Waals surface area contributed by atoms with E-state index >= 15 is 0 Å². The number of thiazole rings is 1. The summed E-state index contributed by atoms with van der Waals surface area (Å²) in [6.07, 6.45) is 3.32. The van der Waals surface area contributed by atoms with Crippen molar-refractivity contribution < 1.29 is 4.79 Å². The predicted octanol–water partition coefficient (Wildman–Crippen LogP) is 3.74. The second kappa shape index (κ2) is 6.98. The molecule has 1 saturated heterocycles. The molecule has 1 aromatic carbocycles. The van der Waals surface area contributed by atoms with Crippen molar-refractivity contribution in [1.29, 1.82) is 0 Å². The van der Waals surface area contributed by atoms with Gasteiger partial charge in [0.2, 0.25) is 0 Å². The van der Waals surface area contributed by atoms with E-state index in [1.54, 1.807) is 23.5 Å². The van der Waals surface area contributed by atoms with Gasteiger partial charge in [0.1, 0.15) is 5.15 Å². The molecule has 1 N–H and O–H groups in total. The van der Waals surface area contributed by atoms with Crippen LogP contribution in [0, 0.1) is 0 Å². The van der Waals surface area contributed by atoms with Crippen molar-refractivity contribution in [2.75, 3.05) is 18.0 Å². The van der Waals surface area contributed by atoms with Crippen LogP contribution in [0.5, 0.6) is 0 Å². The smallest absolute Gasteiger partial charge is 0.253 e. The summed E-state index contributed by atoms with van der Waals surface area (Å²) in [5, 5.41) is 4.54. The van der Waals surface area contributed by atoms with Crippen LogP contribution >= 0.6 is 22.9 Å². The number of para-hydroxylation sites is 1. The van der Waals surface area contributed by atoms with Crippen LogP contribution in [-0.2, 0) is 0 Å². The van der Waals surface area contributed by atoms with E-state index in [0.717, 1.165) is 36.6 Å². The summed E-state index contributed by atoms with van der Waals surface area (Å²) in [6.45, 7) is 1.78. The number of halogens is 1. The molecule has 0 saturated carbocycles.